The maximum Gasteiger partial charge on any atom is 0.240 e. The summed E-state index contributed by atoms with van der Waals surface area (Å²) in [4.78, 5) is 18.3. The van der Waals surface area contributed by atoms with E-state index >= 15 is 0 Å². The number of para-hydroxylation sites is 1. The second-order valence-corrected chi connectivity index (χ2v) is 11.0. The van der Waals surface area contributed by atoms with Crippen molar-refractivity contribution in [2.24, 2.45) is 0 Å². The van der Waals surface area contributed by atoms with E-state index in [2.05, 4.69) is 64.1 Å². The first-order valence-corrected chi connectivity index (χ1v) is 13.3. The lowest BCUT2D eigenvalue weighted by atomic mass is 9.71. The molecule has 0 aromatic heterocycles. The molecule has 2 N–H and O–H groups in total. The molecule has 0 radical (unpaired) electrons. The van der Waals surface area contributed by atoms with Gasteiger partial charge in [0.2, 0.25) is 5.91 Å². The van der Waals surface area contributed by atoms with Gasteiger partial charge >= 0.3 is 0 Å². The summed E-state index contributed by atoms with van der Waals surface area (Å²) in [7, 11) is 0. The number of ether oxygens (including phenoxy) is 1. The number of hydrogen-bond acceptors (Lipinski definition) is 5. The van der Waals surface area contributed by atoms with Gasteiger partial charge in [-0.05, 0) is 35.7 Å². The summed E-state index contributed by atoms with van der Waals surface area (Å²) in [6.07, 6.45) is 1.55. The van der Waals surface area contributed by atoms with Crippen LogP contribution in [0.25, 0.3) is 0 Å². The summed E-state index contributed by atoms with van der Waals surface area (Å²) in [5, 5.41) is 7.78. The molecule has 7 heteroatoms. The van der Waals surface area contributed by atoms with E-state index in [1.807, 2.05) is 11.0 Å². The summed E-state index contributed by atoms with van der Waals surface area (Å²) in [6, 6.07) is 25.4. The Hall–Kier alpha value is -3.26. The minimum Gasteiger partial charge on any atom is -0.377 e. The number of amides is 1. The quantitative estimate of drug-likeness (QED) is 0.549. The fraction of sp³-hybridized carbons (Fsp3) is 0.367. The highest BCUT2D eigenvalue weighted by Crippen LogP contribution is 2.69. The fourth-order valence-corrected chi connectivity index (χ4v) is 7.96. The number of benzene rings is 3. The Labute approximate surface area is 215 Å². The summed E-state index contributed by atoms with van der Waals surface area (Å²) in [6.45, 7) is 1.91. The molecule has 8 rings (SSSR count). The molecule has 5 aliphatic rings. The minimum atomic E-state index is -0.531. The topological polar surface area (TPSA) is 56.8 Å². The molecule has 5 aliphatic heterocycles. The molecule has 1 spiro atoms. The van der Waals surface area contributed by atoms with Crippen LogP contribution in [0.5, 0.6) is 0 Å². The van der Waals surface area contributed by atoms with Crippen molar-refractivity contribution in [3.05, 3.63) is 101 Å². The van der Waals surface area contributed by atoms with Crippen LogP contribution in [-0.4, -0.2) is 58.7 Å². The van der Waals surface area contributed by atoms with Crippen LogP contribution in [0.2, 0.25) is 0 Å². The zero-order chi connectivity index (χ0) is 24.8. The molecule has 5 heterocycles. The number of anilines is 1. The first kappa shape index (κ1) is 21.8. The average molecular weight is 497 g/mol. The normalized spacial score (nSPS) is 34.5. The van der Waals surface area contributed by atoms with Crippen molar-refractivity contribution in [1.82, 2.24) is 15.1 Å². The first-order valence-electron chi connectivity index (χ1n) is 13.3. The van der Waals surface area contributed by atoms with Crippen LogP contribution in [0.1, 0.15) is 23.1 Å². The maximum atomic E-state index is 13.9. The second kappa shape index (κ2) is 7.63. The third kappa shape index (κ3) is 2.72. The third-order valence-electron chi connectivity index (χ3n) is 9.30. The zero-order valence-corrected chi connectivity index (χ0v) is 20.4. The number of nitrogens with one attached hydrogen (secondary N) is 2. The largest absolute Gasteiger partial charge is 0.377 e. The molecule has 3 aromatic carbocycles. The third-order valence-corrected chi connectivity index (χ3v) is 9.30. The van der Waals surface area contributed by atoms with Crippen molar-refractivity contribution < 1.29 is 13.9 Å². The van der Waals surface area contributed by atoms with E-state index in [1.54, 1.807) is 12.1 Å². The molecule has 0 saturated carbocycles. The van der Waals surface area contributed by atoms with Crippen molar-refractivity contribution in [3.63, 3.8) is 0 Å². The summed E-state index contributed by atoms with van der Waals surface area (Å²) in [5.74, 6) is -0.115. The highest BCUT2D eigenvalue weighted by Gasteiger charge is 2.87. The molecule has 4 unspecified atom stereocenters. The Balaban J connectivity index is 1.16. The molecule has 6 nitrogen and oxygen atoms in total. The van der Waals surface area contributed by atoms with Gasteiger partial charge in [0.25, 0.3) is 0 Å². The molecule has 4 saturated heterocycles. The highest BCUT2D eigenvalue weighted by molar-refractivity contribution is 5.85. The van der Waals surface area contributed by atoms with Gasteiger partial charge in [0.15, 0.2) is 5.60 Å². The first-order chi connectivity index (χ1) is 18.1. The Kier molecular flexibility index (Phi) is 4.49. The minimum absolute atomic E-state index is 0.0389. The lowest BCUT2D eigenvalue weighted by Crippen LogP contribution is -2.79. The van der Waals surface area contributed by atoms with Gasteiger partial charge in [0.1, 0.15) is 11.5 Å². The number of carbonyl (C=O) groups excluding carboxylic acids is 1. The smallest absolute Gasteiger partial charge is 0.240 e. The van der Waals surface area contributed by atoms with Gasteiger partial charge in [-0.3, -0.25) is 15.0 Å². The number of rotatable bonds is 6. The van der Waals surface area contributed by atoms with E-state index in [-0.39, 0.29) is 36.0 Å². The molecular formula is C30H29FN4O2. The molecule has 1 amide bonds. The molecule has 37 heavy (non-hydrogen) atoms. The van der Waals surface area contributed by atoms with Crippen LogP contribution in [-0.2, 0) is 28.1 Å². The predicted molar refractivity (Wildman–Crippen MR) is 137 cm³/mol. The van der Waals surface area contributed by atoms with Crippen LogP contribution in [0.4, 0.5) is 10.1 Å². The van der Waals surface area contributed by atoms with Crippen molar-refractivity contribution in [3.8, 4) is 0 Å². The molecule has 188 valence electrons. The predicted octanol–water partition coefficient (Wildman–Crippen LogP) is 3.24. The van der Waals surface area contributed by atoms with E-state index in [0.29, 0.717) is 19.5 Å². The van der Waals surface area contributed by atoms with E-state index in [4.69, 9.17) is 4.74 Å². The Morgan fingerprint density at radius 3 is 2.62 bits per heavy atom. The van der Waals surface area contributed by atoms with E-state index in [1.165, 1.54) is 23.3 Å². The van der Waals surface area contributed by atoms with Crippen LogP contribution in [0.15, 0.2) is 78.9 Å². The number of halogens is 1. The fourth-order valence-electron chi connectivity index (χ4n) is 7.96. The summed E-state index contributed by atoms with van der Waals surface area (Å²) < 4.78 is 20.4. The van der Waals surface area contributed by atoms with Crippen LogP contribution in [0, 0.1) is 5.82 Å². The van der Waals surface area contributed by atoms with E-state index < -0.39 is 11.3 Å². The van der Waals surface area contributed by atoms with E-state index in [9.17, 15) is 9.18 Å². The van der Waals surface area contributed by atoms with E-state index in [0.717, 1.165) is 24.2 Å². The number of carbonyl (C=O) groups is 1. The molecule has 0 bridgehead atoms. The van der Waals surface area contributed by atoms with Crippen LogP contribution < -0.4 is 10.6 Å². The molecule has 3 aromatic rings. The lowest BCUT2D eigenvalue weighted by molar-refractivity contribution is -0.292. The summed E-state index contributed by atoms with van der Waals surface area (Å²) in [5.41, 5.74) is 3.61. The van der Waals surface area contributed by atoms with Gasteiger partial charge in [-0.25, -0.2) is 4.39 Å². The molecule has 4 fully saturated rings. The van der Waals surface area contributed by atoms with Gasteiger partial charge < -0.3 is 15.0 Å². The Morgan fingerprint density at radius 1 is 1.00 bits per heavy atom. The van der Waals surface area contributed by atoms with Gasteiger partial charge in [-0.1, -0.05) is 60.7 Å². The maximum absolute atomic E-state index is 13.9. The lowest BCUT2D eigenvalue weighted by Gasteiger charge is -2.59. The monoisotopic (exact) mass is 496 g/mol. The van der Waals surface area contributed by atoms with Crippen molar-refractivity contribution in [1.29, 1.82) is 0 Å². The van der Waals surface area contributed by atoms with Crippen LogP contribution >= 0.6 is 0 Å². The molecular weight excluding hydrogens is 467 g/mol. The van der Waals surface area contributed by atoms with Crippen molar-refractivity contribution >= 4 is 11.6 Å². The average Bonchev–Trinajstić information content (AvgIpc) is 3.44. The van der Waals surface area contributed by atoms with Crippen molar-refractivity contribution in [2.45, 2.75) is 54.9 Å². The van der Waals surface area contributed by atoms with Gasteiger partial charge in [0.05, 0.1) is 24.2 Å². The van der Waals surface area contributed by atoms with Gasteiger partial charge in [-0.2, -0.15) is 0 Å². The van der Waals surface area contributed by atoms with Crippen molar-refractivity contribution in [2.75, 3.05) is 18.4 Å². The molecule has 0 aliphatic carbocycles. The van der Waals surface area contributed by atoms with Gasteiger partial charge in [-0.15, -0.1) is 0 Å². The zero-order valence-electron chi connectivity index (χ0n) is 20.4. The van der Waals surface area contributed by atoms with Gasteiger partial charge in [0, 0.05) is 37.3 Å². The Morgan fingerprint density at radius 2 is 1.78 bits per heavy atom. The number of hydrogen-bond donors (Lipinski definition) is 2. The highest BCUT2D eigenvalue weighted by atomic mass is 19.1. The summed E-state index contributed by atoms with van der Waals surface area (Å²) >= 11 is 0. The number of nitrogens with zero attached hydrogens (tertiary/aromatic N) is 2. The number of piperazine rings is 1. The second-order valence-electron chi connectivity index (χ2n) is 11.0. The standard InChI is InChI=1S/C30H29FN4O2/c31-21-12-10-20(11-13-21)17-34-18-25-27-29(22-8-4-5-9-23(22)33-27)30(32-15-14-19-6-2-1-3-7-19)26(37-29)16-24(28(34)36)35(25)30/h1-13,24-27,32-33H,14-18H2/t24-,25?,26?,27+,29?,30?/m0/s1. The number of fused-ring (bicyclic) bond motifs is 2. The Bertz CT molecular complexity index is 1380. The molecule has 6 atom stereocenters. The van der Waals surface area contributed by atoms with Crippen LogP contribution in [0.3, 0.4) is 0 Å². The SMILES string of the molecule is O=C1[C@@H]2CC3OC45c6ccccc6N[C@@H]4C(CN1Cc1ccc(F)cc1)N2C35NCCc1ccccc1.